The van der Waals surface area contributed by atoms with E-state index in [1.807, 2.05) is 37.3 Å². The Labute approximate surface area is 141 Å². The van der Waals surface area contributed by atoms with E-state index >= 15 is 0 Å². The topological polar surface area (TPSA) is 60.1 Å². The van der Waals surface area contributed by atoms with E-state index in [0.29, 0.717) is 5.49 Å². The lowest BCUT2D eigenvalue weighted by atomic mass is 9.93. The molecular weight excluding hydrogens is 300 g/mol. The van der Waals surface area contributed by atoms with Crippen molar-refractivity contribution < 1.29 is 4.79 Å². The Morgan fingerprint density at radius 2 is 2.21 bits per heavy atom. The third-order valence-electron chi connectivity index (χ3n) is 4.40. The number of carbonyl (C=O) groups is 1. The van der Waals surface area contributed by atoms with Crippen molar-refractivity contribution in [1.29, 1.82) is 0 Å². The van der Waals surface area contributed by atoms with Crippen LogP contribution < -0.4 is 10.8 Å². The quantitative estimate of drug-likeness (QED) is 0.790. The Hall–Kier alpha value is -2.56. The van der Waals surface area contributed by atoms with Gasteiger partial charge in [-0.05, 0) is 43.4 Å². The fourth-order valence-corrected chi connectivity index (χ4v) is 3.10. The fraction of sp³-hybridized carbons (Fsp3) is 0.368. The molecule has 5 heteroatoms. The number of aromatic nitrogens is 3. The zero-order valence-electron chi connectivity index (χ0n) is 14.4. The van der Waals surface area contributed by atoms with Crippen LogP contribution in [0.5, 0.6) is 0 Å². The molecule has 0 atom stereocenters. The molecule has 0 radical (unpaired) electrons. The smallest absolute Gasteiger partial charge is 0.185 e. The van der Waals surface area contributed by atoms with Gasteiger partial charge in [-0.3, -0.25) is 9.79 Å². The van der Waals surface area contributed by atoms with Gasteiger partial charge in [0.15, 0.2) is 11.3 Å². The van der Waals surface area contributed by atoms with Gasteiger partial charge in [-0.2, -0.15) is 0 Å². The van der Waals surface area contributed by atoms with Crippen LogP contribution in [-0.2, 0) is 13.0 Å². The molecule has 0 saturated heterocycles. The number of hydrogen-bond donors (Lipinski definition) is 0. The molecule has 24 heavy (non-hydrogen) atoms. The molecule has 2 heterocycles. The number of nitrogens with zero attached hydrogens (tertiary/aromatic N) is 4. The number of fused-ring (bicyclic) bond motifs is 1. The van der Waals surface area contributed by atoms with E-state index < -0.39 is 0 Å². The maximum atomic E-state index is 12.9. The van der Waals surface area contributed by atoms with Crippen molar-refractivity contribution in [3.05, 3.63) is 51.3 Å². The van der Waals surface area contributed by atoms with Crippen molar-refractivity contribution in [2.45, 2.75) is 40.2 Å². The highest BCUT2D eigenvalue weighted by atomic mass is 16.1. The molecule has 0 saturated carbocycles. The normalized spacial score (nSPS) is 13.5. The van der Waals surface area contributed by atoms with E-state index in [-0.39, 0.29) is 12.3 Å². The molecule has 0 aliphatic carbocycles. The molecule has 3 rings (SSSR count). The van der Waals surface area contributed by atoms with Gasteiger partial charge in [-0.25, -0.2) is 4.68 Å². The van der Waals surface area contributed by atoms with Crippen LogP contribution in [0.4, 0.5) is 0 Å². The highest BCUT2D eigenvalue weighted by Crippen LogP contribution is 2.22. The second-order valence-electron chi connectivity index (χ2n) is 5.92. The van der Waals surface area contributed by atoms with E-state index in [2.05, 4.69) is 29.2 Å². The number of ketones is 1. The minimum absolute atomic E-state index is 0.0299. The molecule has 124 valence electrons. The lowest BCUT2D eigenvalue weighted by Gasteiger charge is -2.12. The summed E-state index contributed by atoms with van der Waals surface area (Å²) in [5.41, 5.74) is 4.87. The fourth-order valence-electron chi connectivity index (χ4n) is 3.10. The predicted molar refractivity (Wildman–Crippen MR) is 94.3 cm³/mol. The second kappa shape index (κ2) is 6.91. The number of benzene rings is 1. The molecule has 1 aliphatic heterocycles. The maximum absolute atomic E-state index is 12.9. The average molecular weight is 322 g/mol. The van der Waals surface area contributed by atoms with E-state index in [4.69, 9.17) is 0 Å². The molecule has 0 unspecified atom stereocenters. The van der Waals surface area contributed by atoms with Crippen LogP contribution in [0.15, 0.2) is 23.2 Å². The molecule has 1 aliphatic rings. The zero-order valence-corrected chi connectivity index (χ0v) is 14.4. The minimum Gasteiger partial charge on any atom is -0.292 e. The van der Waals surface area contributed by atoms with Crippen molar-refractivity contribution in [3.8, 4) is 0 Å². The van der Waals surface area contributed by atoms with E-state index in [1.165, 1.54) is 11.1 Å². The van der Waals surface area contributed by atoms with Gasteiger partial charge in [0.2, 0.25) is 0 Å². The lowest BCUT2D eigenvalue weighted by molar-refractivity contribution is 0.0965. The van der Waals surface area contributed by atoms with Gasteiger partial charge in [0, 0.05) is 12.1 Å². The third kappa shape index (κ3) is 2.94. The molecule has 1 aromatic heterocycles. The first-order chi connectivity index (χ1) is 11.7. The van der Waals surface area contributed by atoms with E-state index in [1.54, 1.807) is 4.68 Å². The average Bonchev–Trinajstić information content (AvgIpc) is 3.00. The van der Waals surface area contributed by atoms with Crippen LogP contribution >= 0.6 is 0 Å². The van der Waals surface area contributed by atoms with Crippen LogP contribution in [0.2, 0.25) is 0 Å². The highest BCUT2D eigenvalue weighted by Gasteiger charge is 2.16. The first-order valence-corrected chi connectivity index (χ1v) is 8.38. The van der Waals surface area contributed by atoms with Crippen molar-refractivity contribution in [3.63, 3.8) is 0 Å². The second-order valence-corrected chi connectivity index (χ2v) is 5.92. The largest absolute Gasteiger partial charge is 0.292 e. The summed E-state index contributed by atoms with van der Waals surface area (Å²) >= 11 is 0. The Kier molecular flexibility index (Phi) is 4.69. The van der Waals surface area contributed by atoms with Crippen LogP contribution in [0.3, 0.4) is 0 Å². The summed E-state index contributed by atoms with van der Waals surface area (Å²) in [6, 6.07) is 3.97. The predicted octanol–water partition coefficient (Wildman–Crippen LogP) is 1.87. The first-order valence-electron chi connectivity index (χ1n) is 8.38. The van der Waals surface area contributed by atoms with Gasteiger partial charge in [-0.1, -0.05) is 42.5 Å². The lowest BCUT2D eigenvalue weighted by Crippen LogP contribution is -2.35. The molecule has 0 amide bonds. The summed E-state index contributed by atoms with van der Waals surface area (Å²) in [4.78, 5) is 17.3. The molecule has 5 nitrogen and oxygen atoms in total. The van der Waals surface area contributed by atoms with Crippen LogP contribution in [0, 0.1) is 6.92 Å². The van der Waals surface area contributed by atoms with Gasteiger partial charge < -0.3 is 0 Å². The molecule has 2 aromatic rings. The summed E-state index contributed by atoms with van der Waals surface area (Å²) < 4.78 is 1.61. The molecule has 0 spiro atoms. The summed E-state index contributed by atoms with van der Waals surface area (Å²) in [5.74, 6) is 0.0299. The number of hydrogen-bond acceptors (Lipinski definition) is 4. The summed E-state index contributed by atoms with van der Waals surface area (Å²) in [6.07, 6.45) is 7.83. The molecule has 0 N–H and O–H groups in total. The van der Waals surface area contributed by atoms with Gasteiger partial charge in [-0.15, -0.1) is 5.10 Å². The summed E-state index contributed by atoms with van der Waals surface area (Å²) in [7, 11) is 0. The Morgan fingerprint density at radius 1 is 1.38 bits per heavy atom. The van der Waals surface area contributed by atoms with Crippen molar-refractivity contribution >= 4 is 17.9 Å². The van der Waals surface area contributed by atoms with Gasteiger partial charge in [0.05, 0.1) is 0 Å². The number of allylic oxidation sites excluding steroid dienone is 1. The van der Waals surface area contributed by atoms with Gasteiger partial charge >= 0.3 is 0 Å². The Bertz CT molecular complexity index is 922. The van der Waals surface area contributed by atoms with E-state index in [9.17, 15) is 4.79 Å². The minimum atomic E-state index is 0.0299. The SMILES string of the molecule is C/C=C\c1c(C(=O)Cn2nnc3c2=NCCC=3)ccc(CC)c1C. The Balaban J connectivity index is 1.99. The Morgan fingerprint density at radius 3 is 2.96 bits per heavy atom. The molecule has 0 fully saturated rings. The standard InChI is InChI=1S/C19H22N4O/c1-4-7-15-13(3)14(5-2)9-10-16(15)18(24)12-23-19-17(21-22-23)8-6-11-20-19/h4,7-10H,5-6,11-12H2,1-3H3/b7-4-. The summed E-state index contributed by atoms with van der Waals surface area (Å²) in [6.45, 7) is 7.06. The van der Waals surface area contributed by atoms with Crippen molar-refractivity contribution in [2.24, 2.45) is 4.99 Å². The van der Waals surface area contributed by atoms with Gasteiger partial charge in [0.25, 0.3) is 0 Å². The third-order valence-corrected chi connectivity index (χ3v) is 4.40. The molecule has 1 aromatic carbocycles. The first kappa shape index (κ1) is 16.3. The van der Waals surface area contributed by atoms with Crippen molar-refractivity contribution in [1.82, 2.24) is 15.0 Å². The summed E-state index contributed by atoms with van der Waals surface area (Å²) in [5, 5.41) is 8.98. The molecular formula is C19H22N4O. The monoisotopic (exact) mass is 322 g/mol. The van der Waals surface area contributed by atoms with Crippen molar-refractivity contribution in [2.75, 3.05) is 6.54 Å². The molecule has 0 bridgehead atoms. The van der Waals surface area contributed by atoms with Crippen LogP contribution in [0.25, 0.3) is 12.2 Å². The van der Waals surface area contributed by atoms with E-state index in [0.717, 1.165) is 35.9 Å². The number of rotatable bonds is 5. The van der Waals surface area contributed by atoms with Crippen LogP contribution in [0.1, 0.15) is 47.3 Å². The number of carbonyl (C=O) groups excluding carboxylic acids is 1. The van der Waals surface area contributed by atoms with Gasteiger partial charge in [0.1, 0.15) is 11.9 Å². The highest BCUT2D eigenvalue weighted by molar-refractivity contribution is 5.99. The zero-order chi connectivity index (χ0) is 17.1. The number of Topliss-reactive ketones (excluding diaryl/α,β-unsaturated/α-hetero) is 1. The van der Waals surface area contributed by atoms with Crippen LogP contribution in [-0.4, -0.2) is 27.3 Å². The number of aryl methyl sites for hydroxylation is 1. The maximum Gasteiger partial charge on any atom is 0.185 e.